The maximum atomic E-state index is 10.5. The van der Waals surface area contributed by atoms with Crippen molar-refractivity contribution in [2.45, 2.75) is 32.1 Å². The maximum absolute atomic E-state index is 10.5. The van der Waals surface area contributed by atoms with Crippen LogP contribution in [-0.2, 0) is 11.8 Å². The van der Waals surface area contributed by atoms with Crippen molar-refractivity contribution in [3.05, 3.63) is 63.7 Å². The quantitative estimate of drug-likeness (QED) is 0.572. The Bertz CT molecular complexity index is 786. The number of para-hydroxylation sites is 1. The summed E-state index contributed by atoms with van der Waals surface area (Å²) in [5.74, 6) is 0.789. The third-order valence-corrected chi connectivity index (χ3v) is 4.78. The smallest absolute Gasteiger partial charge is 0.269 e. The fourth-order valence-corrected chi connectivity index (χ4v) is 3.60. The van der Waals surface area contributed by atoms with E-state index in [4.69, 9.17) is 4.74 Å². The van der Waals surface area contributed by atoms with Crippen molar-refractivity contribution in [1.29, 1.82) is 0 Å². The average Bonchev–Trinajstić information content (AvgIpc) is 2.84. The van der Waals surface area contributed by atoms with Crippen LogP contribution in [0.25, 0.3) is 0 Å². The summed E-state index contributed by atoms with van der Waals surface area (Å²) >= 11 is 0. The van der Waals surface area contributed by atoms with Gasteiger partial charge in [-0.1, -0.05) is 32.0 Å². The van der Waals surface area contributed by atoms with E-state index >= 15 is 0 Å². The molecule has 0 N–H and O–H groups in total. The average molecular weight is 340 g/mol. The Kier molecular flexibility index (Phi) is 4.66. The van der Waals surface area contributed by atoms with E-state index in [9.17, 15) is 10.1 Å². The lowest BCUT2D eigenvalue weighted by molar-refractivity contribution is -0.384. The van der Waals surface area contributed by atoms with Crippen LogP contribution in [0.4, 0.5) is 11.4 Å². The van der Waals surface area contributed by atoms with Crippen molar-refractivity contribution in [1.82, 2.24) is 0 Å². The van der Waals surface area contributed by atoms with Gasteiger partial charge in [0.05, 0.1) is 11.5 Å². The molecule has 5 nitrogen and oxygen atoms in total. The molecule has 132 valence electrons. The highest BCUT2D eigenvalue weighted by molar-refractivity contribution is 5.61. The minimum Gasteiger partial charge on any atom is -0.493 e. The molecule has 5 heteroatoms. The first-order valence-electron chi connectivity index (χ1n) is 8.59. The number of benzene rings is 2. The fourth-order valence-electron chi connectivity index (χ4n) is 3.60. The Morgan fingerprint density at radius 2 is 1.96 bits per heavy atom. The van der Waals surface area contributed by atoms with Gasteiger partial charge in [0.2, 0.25) is 0 Å². The highest BCUT2D eigenvalue weighted by atomic mass is 16.6. The Labute approximate surface area is 148 Å². The predicted octanol–water partition coefficient (Wildman–Crippen LogP) is 4.33. The molecular formula is C20H24N2O3. The molecule has 4 rings (SSSR count). The van der Waals surface area contributed by atoms with E-state index in [1.807, 2.05) is 0 Å². The zero-order valence-corrected chi connectivity index (χ0v) is 15.0. The zero-order valence-electron chi connectivity index (χ0n) is 15.0. The summed E-state index contributed by atoms with van der Waals surface area (Å²) in [4.78, 5) is 12.4. The van der Waals surface area contributed by atoms with Crippen LogP contribution in [-0.4, -0.2) is 25.1 Å². The van der Waals surface area contributed by atoms with Crippen LogP contribution in [0.15, 0.2) is 42.5 Å². The van der Waals surface area contributed by atoms with Crippen molar-refractivity contribution in [2.75, 3.05) is 25.1 Å². The van der Waals surface area contributed by atoms with Gasteiger partial charge in [0.25, 0.3) is 5.69 Å². The summed E-state index contributed by atoms with van der Waals surface area (Å²) in [6, 6.07) is 13.4. The number of rotatable bonds is 1. The van der Waals surface area contributed by atoms with Gasteiger partial charge in [0.1, 0.15) is 5.75 Å². The van der Waals surface area contributed by atoms with Crippen LogP contribution in [0.3, 0.4) is 0 Å². The number of fused-ring (bicyclic) bond motifs is 2. The van der Waals surface area contributed by atoms with Crippen LogP contribution in [0.1, 0.15) is 31.4 Å². The minimum atomic E-state index is -0.380. The van der Waals surface area contributed by atoms with Crippen molar-refractivity contribution in [2.24, 2.45) is 0 Å². The van der Waals surface area contributed by atoms with Gasteiger partial charge in [0.15, 0.2) is 0 Å². The summed E-state index contributed by atoms with van der Waals surface area (Å²) in [7, 11) is 2.16. The predicted molar refractivity (Wildman–Crippen MR) is 99.7 cm³/mol. The Balaban J connectivity index is 0.000000146. The van der Waals surface area contributed by atoms with Crippen molar-refractivity contribution in [3.8, 4) is 5.75 Å². The number of nitro benzene ring substituents is 1. The van der Waals surface area contributed by atoms with Crippen LogP contribution in [0.5, 0.6) is 5.75 Å². The molecule has 2 heterocycles. The van der Waals surface area contributed by atoms with Crippen molar-refractivity contribution < 1.29 is 9.66 Å². The molecule has 0 amide bonds. The number of ether oxygens (including phenoxy) is 1. The summed E-state index contributed by atoms with van der Waals surface area (Å²) in [5, 5.41) is 10.5. The molecule has 0 saturated heterocycles. The Morgan fingerprint density at radius 3 is 2.68 bits per heavy atom. The molecule has 2 aliphatic heterocycles. The van der Waals surface area contributed by atoms with E-state index in [0.29, 0.717) is 12.0 Å². The molecule has 0 atom stereocenters. The minimum absolute atomic E-state index is 0.143. The van der Waals surface area contributed by atoms with E-state index in [1.54, 1.807) is 12.1 Å². The molecule has 0 fully saturated rings. The van der Waals surface area contributed by atoms with E-state index in [0.717, 1.165) is 30.7 Å². The van der Waals surface area contributed by atoms with E-state index < -0.39 is 0 Å². The standard InChI is InChI=1S/C11H15N.C9H9NO3/c1-11(2)8-12(3)10-7-5-4-6-9(10)11;11-10(12)8-3-4-9-7(6-8)2-1-5-13-9/h4-7H,8H2,1-3H3;3-4,6H,1-2,5H2. The third-order valence-electron chi connectivity index (χ3n) is 4.78. The van der Waals surface area contributed by atoms with E-state index in [1.165, 1.54) is 17.3 Å². The van der Waals surface area contributed by atoms with Crippen LogP contribution >= 0.6 is 0 Å². The van der Waals surface area contributed by atoms with E-state index in [2.05, 4.69) is 50.1 Å². The second kappa shape index (κ2) is 6.75. The molecule has 0 radical (unpaired) electrons. The summed E-state index contributed by atoms with van der Waals surface area (Å²) in [6.45, 7) is 6.45. The number of hydrogen-bond donors (Lipinski definition) is 0. The molecule has 2 aliphatic rings. The normalized spacial score (nSPS) is 16.8. The molecular weight excluding hydrogens is 316 g/mol. The number of anilines is 1. The molecule has 25 heavy (non-hydrogen) atoms. The van der Waals surface area contributed by atoms with Crippen LogP contribution in [0, 0.1) is 10.1 Å². The first-order valence-corrected chi connectivity index (χ1v) is 8.59. The Morgan fingerprint density at radius 1 is 1.20 bits per heavy atom. The SMILES string of the molecule is CN1CC(C)(C)c2ccccc21.O=[N+]([O-])c1ccc2c(c1)CCCO2. The number of aryl methyl sites for hydroxylation is 1. The first-order chi connectivity index (χ1) is 11.9. The highest BCUT2D eigenvalue weighted by Gasteiger charge is 2.32. The third kappa shape index (κ3) is 3.60. The fraction of sp³-hybridized carbons (Fsp3) is 0.400. The Hall–Kier alpha value is -2.56. The molecule has 0 spiro atoms. The summed E-state index contributed by atoms with van der Waals surface area (Å²) in [5.41, 5.74) is 4.28. The summed E-state index contributed by atoms with van der Waals surface area (Å²) in [6.07, 6.45) is 1.81. The molecule has 2 aromatic rings. The van der Waals surface area contributed by atoms with Gasteiger partial charge in [-0.25, -0.2) is 0 Å². The molecule has 0 unspecified atom stereocenters. The number of nitro groups is 1. The maximum Gasteiger partial charge on any atom is 0.269 e. The lowest BCUT2D eigenvalue weighted by Crippen LogP contribution is -2.24. The number of non-ortho nitro benzene ring substituents is 1. The number of nitrogens with zero attached hydrogens (tertiary/aromatic N) is 2. The van der Waals surface area contributed by atoms with Gasteiger partial charge < -0.3 is 9.64 Å². The monoisotopic (exact) mass is 340 g/mol. The topological polar surface area (TPSA) is 55.6 Å². The first kappa shape index (κ1) is 17.3. The lowest BCUT2D eigenvalue weighted by atomic mass is 9.87. The second-order valence-corrected chi connectivity index (χ2v) is 7.26. The van der Waals surface area contributed by atoms with Crippen molar-refractivity contribution in [3.63, 3.8) is 0 Å². The molecule has 2 aromatic carbocycles. The van der Waals surface area contributed by atoms with Crippen molar-refractivity contribution >= 4 is 11.4 Å². The van der Waals surface area contributed by atoms with Gasteiger partial charge in [-0.2, -0.15) is 0 Å². The molecule has 0 bridgehead atoms. The van der Waals surface area contributed by atoms with Gasteiger partial charge in [-0.3, -0.25) is 10.1 Å². The molecule has 0 aliphatic carbocycles. The zero-order chi connectivity index (χ0) is 18.0. The van der Waals surface area contributed by atoms with Gasteiger partial charge in [-0.15, -0.1) is 0 Å². The van der Waals surface area contributed by atoms with Gasteiger partial charge >= 0.3 is 0 Å². The van der Waals surface area contributed by atoms with Gasteiger partial charge in [-0.05, 0) is 30.5 Å². The largest absolute Gasteiger partial charge is 0.493 e. The van der Waals surface area contributed by atoms with Crippen LogP contribution in [0.2, 0.25) is 0 Å². The molecule has 0 saturated carbocycles. The molecule has 0 aromatic heterocycles. The highest BCUT2D eigenvalue weighted by Crippen LogP contribution is 2.38. The van der Waals surface area contributed by atoms with Gasteiger partial charge in [0, 0.05) is 42.4 Å². The lowest BCUT2D eigenvalue weighted by Gasteiger charge is -2.18. The van der Waals surface area contributed by atoms with E-state index in [-0.39, 0.29) is 10.6 Å². The van der Waals surface area contributed by atoms with Crippen LogP contribution < -0.4 is 9.64 Å². The summed E-state index contributed by atoms with van der Waals surface area (Å²) < 4.78 is 5.34. The second-order valence-electron chi connectivity index (χ2n) is 7.26. The number of likely N-dealkylation sites (N-methyl/N-ethyl adjacent to an activating group) is 1. The number of hydrogen-bond acceptors (Lipinski definition) is 4.